The van der Waals surface area contributed by atoms with Gasteiger partial charge in [-0.25, -0.2) is 8.78 Å². The molecule has 0 heterocycles. The first kappa shape index (κ1) is 14.6. The Kier molecular flexibility index (Phi) is 5.71. The molecule has 0 aliphatic rings. The Hall–Kier alpha value is -1.49. The van der Waals surface area contributed by atoms with E-state index in [1.165, 1.54) is 0 Å². The van der Waals surface area contributed by atoms with Crippen LogP contribution in [0.4, 0.5) is 8.78 Å². The van der Waals surface area contributed by atoms with E-state index < -0.39 is 11.6 Å². The van der Waals surface area contributed by atoms with Crippen molar-refractivity contribution in [3.8, 4) is 0 Å². The number of carbonyl (C=O) groups excluding carboxylic acids is 1. The number of esters is 1. The zero-order chi connectivity index (χ0) is 13.5. The summed E-state index contributed by atoms with van der Waals surface area (Å²) in [6.07, 6.45) is 0. The smallest absolute Gasteiger partial charge is 0.320 e. The molecular weight excluding hydrogens is 240 g/mol. The minimum Gasteiger partial charge on any atom is -0.465 e. The molecule has 5 heteroatoms. The molecule has 3 nitrogen and oxygen atoms in total. The number of carbonyl (C=O) groups is 1. The van der Waals surface area contributed by atoms with Crippen LogP contribution in [-0.4, -0.2) is 30.6 Å². The summed E-state index contributed by atoms with van der Waals surface area (Å²) >= 11 is 0. The lowest BCUT2D eigenvalue weighted by atomic mass is 10.2. The molecule has 1 aromatic carbocycles. The number of hydrogen-bond donors (Lipinski definition) is 0. The second kappa shape index (κ2) is 7.06. The lowest BCUT2D eigenvalue weighted by molar-refractivity contribution is -0.144. The van der Waals surface area contributed by atoms with Crippen molar-refractivity contribution in [1.82, 2.24) is 4.90 Å². The molecule has 0 fully saturated rings. The average molecular weight is 257 g/mol. The first-order valence-corrected chi connectivity index (χ1v) is 5.88. The van der Waals surface area contributed by atoms with Crippen LogP contribution in [-0.2, 0) is 16.1 Å². The largest absolute Gasteiger partial charge is 0.465 e. The van der Waals surface area contributed by atoms with Crippen molar-refractivity contribution in [2.75, 3.05) is 19.7 Å². The monoisotopic (exact) mass is 257 g/mol. The van der Waals surface area contributed by atoms with E-state index in [2.05, 4.69) is 0 Å². The summed E-state index contributed by atoms with van der Waals surface area (Å²) in [4.78, 5) is 13.0. The maximum absolute atomic E-state index is 13.4. The van der Waals surface area contributed by atoms with E-state index in [1.54, 1.807) is 11.8 Å². The van der Waals surface area contributed by atoms with Crippen LogP contribution in [0.5, 0.6) is 0 Å². The Balaban J connectivity index is 2.67. The second-order valence-electron chi connectivity index (χ2n) is 3.84. The first-order chi connectivity index (χ1) is 8.56. The van der Waals surface area contributed by atoms with Crippen molar-refractivity contribution in [3.63, 3.8) is 0 Å². The van der Waals surface area contributed by atoms with E-state index in [9.17, 15) is 13.6 Å². The van der Waals surface area contributed by atoms with Crippen molar-refractivity contribution in [2.45, 2.75) is 20.4 Å². The number of benzene rings is 1. The lowest BCUT2D eigenvalue weighted by Gasteiger charge is -2.19. The van der Waals surface area contributed by atoms with Crippen LogP contribution >= 0.6 is 0 Å². The molecule has 0 N–H and O–H groups in total. The van der Waals surface area contributed by atoms with Crippen molar-refractivity contribution >= 4 is 5.97 Å². The molecule has 0 unspecified atom stereocenters. The average Bonchev–Trinajstić information content (AvgIpc) is 2.33. The fraction of sp³-hybridized carbons (Fsp3) is 0.462. The van der Waals surface area contributed by atoms with Gasteiger partial charge in [-0.1, -0.05) is 6.92 Å². The van der Waals surface area contributed by atoms with Crippen LogP contribution in [0.1, 0.15) is 19.4 Å². The summed E-state index contributed by atoms with van der Waals surface area (Å²) in [5.74, 6) is -1.33. The standard InChI is InChI=1S/C13H17F2NO2/c1-3-16(9-13(17)18-4-2)8-10-7-11(14)5-6-12(10)15/h5-7H,3-4,8-9H2,1-2H3. The second-order valence-corrected chi connectivity index (χ2v) is 3.84. The summed E-state index contributed by atoms with van der Waals surface area (Å²) in [5, 5.41) is 0. The number of likely N-dealkylation sites (N-methyl/N-ethyl adjacent to an activating group) is 1. The molecule has 18 heavy (non-hydrogen) atoms. The molecule has 0 saturated heterocycles. The topological polar surface area (TPSA) is 29.5 Å². The Morgan fingerprint density at radius 1 is 1.33 bits per heavy atom. The summed E-state index contributed by atoms with van der Waals surface area (Å²) < 4.78 is 31.3. The SMILES string of the molecule is CCOC(=O)CN(CC)Cc1cc(F)ccc1F. The Bertz CT molecular complexity index is 410. The highest BCUT2D eigenvalue weighted by molar-refractivity contribution is 5.71. The molecule has 0 aliphatic heterocycles. The van der Waals surface area contributed by atoms with E-state index in [0.717, 1.165) is 18.2 Å². The molecule has 0 aromatic heterocycles. The van der Waals surface area contributed by atoms with Gasteiger partial charge in [0.1, 0.15) is 11.6 Å². The van der Waals surface area contributed by atoms with Gasteiger partial charge in [0.15, 0.2) is 0 Å². The molecular formula is C13H17F2NO2. The summed E-state index contributed by atoms with van der Waals surface area (Å²) in [6.45, 7) is 4.68. The third kappa shape index (κ3) is 4.41. The van der Waals surface area contributed by atoms with Gasteiger partial charge in [0.05, 0.1) is 13.2 Å². The number of halogens is 2. The summed E-state index contributed by atoms with van der Waals surface area (Å²) in [5.41, 5.74) is 0.237. The van der Waals surface area contributed by atoms with Crippen molar-refractivity contribution < 1.29 is 18.3 Å². The van der Waals surface area contributed by atoms with Crippen LogP contribution in [0.15, 0.2) is 18.2 Å². The third-order valence-electron chi connectivity index (χ3n) is 2.51. The highest BCUT2D eigenvalue weighted by Gasteiger charge is 2.13. The fourth-order valence-electron chi connectivity index (χ4n) is 1.57. The quantitative estimate of drug-likeness (QED) is 0.733. The highest BCUT2D eigenvalue weighted by Crippen LogP contribution is 2.12. The molecule has 1 rings (SSSR count). The predicted molar refractivity (Wildman–Crippen MR) is 63.9 cm³/mol. The molecule has 0 aliphatic carbocycles. The van der Waals surface area contributed by atoms with Gasteiger partial charge in [0.2, 0.25) is 0 Å². The minimum absolute atomic E-state index is 0.0697. The van der Waals surface area contributed by atoms with Crippen LogP contribution in [0.3, 0.4) is 0 Å². The first-order valence-electron chi connectivity index (χ1n) is 5.88. The van der Waals surface area contributed by atoms with E-state index in [-0.39, 0.29) is 24.6 Å². The van der Waals surface area contributed by atoms with Gasteiger partial charge in [-0.3, -0.25) is 9.69 Å². The molecule has 0 bridgehead atoms. The van der Waals surface area contributed by atoms with Crippen LogP contribution in [0, 0.1) is 11.6 Å². The Labute approximate surface area is 105 Å². The van der Waals surface area contributed by atoms with Gasteiger partial charge >= 0.3 is 5.97 Å². The van der Waals surface area contributed by atoms with Gasteiger partial charge in [0.25, 0.3) is 0 Å². The molecule has 100 valence electrons. The molecule has 1 aromatic rings. The van der Waals surface area contributed by atoms with Crippen molar-refractivity contribution in [2.24, 2.45) is 0 Å². The van der Waals surface area contributed by atoms with E-state index >= 15 is 0 Å². The molecule has 0 radical (unpaired) electrons. The fourth-order valence-corrected chi connectivity index (χ4v) is 1.57. The van der Waals surface area contributed by atoms with Crippen molar-refractivity contribution in [1.29, 1.82) is 0 Å². The van der Waals surface area contributed by atoms with Gasteiger partial charge in [-0.2, -0.15) is 0 Å². The number of nitrogens with zero attached hydrogens (tertiary/aromatic N) is 1. The molecule has 0 atom stereocenters. The summed E-state index contributed by atoms with van der Waals surface area (Å²) in [6, 6.07) is 3.30. The molecule has 0 amide bonds. The zero-order valence-corrected chi connectivity index (χ0v) is 10.6. The Morgan fingerprint density at radius 3 is 2.67 bits per heavy atom. The molecule has 0 saturated carbocycles. The van der Waals surface area contributed by atoms with E-state index in [4.69, 9.17) is 4.74 Å². The molecule has 0 spiro atoms. The van der Waals surface area contributed by atoms with Gasteiger partial charge in [0, 0.05) is 12.1 Å². The number of hydrogen-bond acceptors (Lipinski definition) is 3. The van der Waals surface area contributed by atoms with Crippen LogP contribution in [0.25, 0.3) is 0 Å². The number of ether oxygens (including phenoxy) is 1. The normalized spacial score (nSPS) is 10.7. The maximum atomic E-state index is 13.4. The van der Waals surface area contributed by atoms with Gasteiger partial charge in [-0.05, 0) is 31.7 Å². The highest BCUT2D eigenvalue weighted by atomic mass is 19.1. The third-order valence-corrected chi connectivity index (χ3v) is 2.51. The van der Waals surface area contributed by atoms with Crippen LogP contribution < -0.4 is 0 Å². The zero-order valence-electron chi connectivity index (χ0n) is 10.6. The van der Waals surface area contributed by atoms with E-state index in [0.29, 0.717) is 13.2 Å². The van der Waals surface area contributed by atoms with Crippen molar-refractivity contribution in [3.05, 3.63) is 35.4 Å². The van der Waals surface area contributed by atoms with Gasteiger partial charge in [-0.15, -0.1) is 0 Å². The maximum Gasteiger partial charge on any atom is 0.320 e. The minimum atomic E-state index is -0.487. The number of rotatable bonds is 6. The van der Waals surface area contributed by atoms with Crippen LogP contribution in [0.2, 0.25) is 0 Å². The predicted octanol–water partition coefficient (Wildman–Crippen LogP) is 2.35. The lowest BCUT2D eigenvalue weighted by Crippen LogP contribution is -2.30. The van der Waals surface area contributed by atoms with E-state index in [1.807, 2.05) is 6.92 Å². The Morgan fingerprint density at radius 2 is 2.06 bits per heavy atom. The summed E-state index contributed by atoms with van der Waals surface area (Å²) in [7, 11) is 0. The van der Waals surface area contributed by atoms with Gasteiger partial charge < -0.3 is 4.74 Å².